The van der Waals surface area contributed by atoms with E-state index in [4.69, 9.17) is 22.8 Å². The Morgan fingerprint density at radius 3 is 3.00 bits per heavy atom. The highest BCUT2D eigenvalue weighted by atomic mass is 35.5. The van der Waals surface area contributed by atoms with Crippen LogP contribution in [0.4, 0.5) is 0 Å². The average molecular weight is 243 g/mol. The van der Waals surface area contributed by atoms with Crippen molar-refractivity contribution in [3.8, 4) is 18.1 Å². The molecule has 15 heavy (non-hydrogen) atoms. The third kappa shape index (κ3) is 3.35. The number of aliphatic hydroxyl groups is 1. The van der Waals surface area contributed by atoms with Gasteiger partial charge in [-0.25, -0.2) is 0 Å². The normalized spacial score (nSPS) is 11.9. The maximum Gasteiger partial charge on any atom is 0.143 e. The van der Waals surface area contributed by atoms with Crippen LogP contribution in [0.25, 0.3) is 0 Å². The van der Waals surface area contributed by atoms with Crippen LogP contribution < -0.4 is 4.74 Å². The number of rotatable bonds is 4. The van der Waals surface area contributed by atoms with Crippen LogP contribution in [-0.4, -0.2) is 17.3 Å². The van der Waals surface area contributed by atoms with Crippen LogP contribution in [-0.2, 0) is 0 Å². The summed E-state index contributed by atoms with van der Waals surface area (Å²) in [7, 11) is 0. The lowest BCUT2D eigenvalue weighted by Gasteiger charge is -2.12. The van der Waals surface area contributed by atoms with Gasteiger partial charge in [0.15, 0.2) is 0 Å². The van der Waals surface area contributed by atoms with Gasteiger partial charge < -0.3 is 9.84 Å². The van der Waals surface area contributed by atoms with Crippen molar-refractivity contribution in [2.75, 3.05) is 12.2 Å². The summed E-state index contributed by atoms with van der Waals surface area (Å²) in [6.45, 7) is 0. The molecule has 0 saturated carbocycles. The van der Waals surface area contributed by atoms with Crippen molar-refractivity contribution in [3.05, 3.63) is 28.8 Å². The molecule has 4 heteroatoms. The molecule has 0 amide bonds. The monoisotopic (exact) mass is 242 g/mol. The molecule has 1 rings (SSSR count). The van der Waals surface area contributed by atoms with Gasteiger partial charge in [0.1, 0.15) is 17.8 Å². The molecule has 1 unspecified atom stereocenters. The largest absolute Gasteiger partial charge is 0.483 e. The molecule has 0 radical (unpaired) electrons. The third-order valence-corrected chi connectivity index (χ3v) is 2.35. The number of terminal acetylenes is 1. The highest BCUT2D eigenvalue weighted by Crippen LogP contribution is 2.28. The number of benzene rings is 1. The Hall–Kier alpha value is -0.820. The maximum atomic E-state index is 9.53. The van der Waals surface area contributed by atoms with Crippen molar-refractivity contribution >= 4 is 23.4 Å². The summed E-state index contributed by atoms with van der Waals surface area (Å²) in [5.74, 6) is 3.26. The summed E-state index contributed by atoms with van der Waals surface area (Å²) in [6.07, 6.45) is 6.11. The number of thioether (sulfide) groups is 1. The predicted molar refractivity (Wildman–Crippen MR) is 64.3 cm³/mol. The van der Waals surface area contributed by atoms with Crippen LogP contribution in [0.3, 0.4) is 0 Å². The van der Waals surface area contributed by atoms with E-state index in [2.05, 4.69) is 5.92 Å². The van der Waals surface area contributed by atoms with Gasteiger partial charge >= 0.3 is 0 Å². The minimum atomic E-state index is -0.959. The second kappa shape index (κ2) is 5.92. The van der Waals surface area contributed by atoms with Crippen LogP contribution in [0.5, 0.6) is 5.75 Å². The van der Waals surface area contributed by atoms with Crippen molar-refractivity contribution < 1.29 is 9.84 Å². The van der Waals surface area contributed by atoms with Crippen LogP contribution in [0.1, 0.15) is 11.7 Å². The van der Waals surface area contributed by atoms with Gasteiger partial charge in [-0.3, -0.25) is 0 Å². The zero-order valence-electron chi connectivity index (χ0n) is 8.24. The Labute approximate surface area is 98.6 Å². The Bertz CT molecular complexity index is 373. The summed E-state index contributed by atoms with van der Waals surface area (Å²) in [5.41, 5.74) is 0.566. The van der Waals surface area contributed by atoms with Gasteiger partial charge in [-0.05, 0) is 18.4 Å². The first-order chi connectivity index (χ1) is 7.19. The second-order valence-electron chi connectivity index (χ2n) is 2.80. The lowest BCUT2D eigenvalue weighted by Crippen LogP contribution is -2.00. The second-order valence-corrected chi connectivity index (χ2v) is 4.05. The molecule has 0 aliphatic carbocycles. The quantitative estimate of drug-likeness (QED) is 0.650. The van der Waals surface area contributed by atoms with Gasteiger partial charge in [-0.15, -0.1) is 18.2 Å². The Kier molecular flexibility index (Phi) is 4.83. The molecule has 0 aliphatic heterocycles. The predicted octanol–water partition coefficient (Wildman–Crippen LogP) is 2.71. The highest BCUT2D eigenvalue weighted by molar-refractivity contribution is 7.98. The minimum Gasteiger partial charge on any atom is -0.483 e. The SMILES string of the molecule is C#CC(O)c1ccc(Cl)cc1OCSC. The van der Waals surface area contributed by atoms with E-state index < -0.39 is 6.10 Å². The molecule has 0 aliphatic rings. The van der Waals surface area contributed by atoms with Gasteiger partial charge in [0.05, 0.1) is 0 Å². The fraction of sp³-hybridized carbons (Fsp3) is 0.273. The van der Waals surface area contributed by atoms with Gasteiger partial charge in [-0.1, -0.05) is 23.6 Å². The first kappa shape index (κ1) is 12.3. The summed E-state index contributed by atoms with van der Waals surface area (Å²) in [6, 6.07) is 4.99. The maximum absolute atomic E-state index is 9.53. The zero-order valence-corrected chi connectivity index (χ0v) is 9.81. The molecular formula is C11H11ClO2S. The van der Waals surface area contributed by atoms with Gasteiger partial charge in [0.25, 0.3) is 0 Å². The van der Waals surface area contributed by atoms with E-state index in [1.165, 1.54) is 11.8 Å². The Morgan fingerprint density at radius 2 is 2.40 bits per heavy atom. The van der Waals surface area contributed by atoms with Crippen molar-refractivity contribution in [2.24, 2.45) is 0 Å². The fourth-order valence-corrected chi connectivity index (χ4v) is 1.48. The summed E-state index contributed by atoms with van der Waals surface area (Å²) >= 11 is 7.36. The molecule has 0 fully saturated rings. The van der Waals surface area contributed by atoms with Crippen LogP contribution in [0, 0.1) is 12.3 Å². The van der Waals surface area contributed by atoms with E-state index in [-0.39, 0.29) is 0 Å². The summed E-state index contributed by atoms with van der Waals surface area (Å²) < 4.78 is 5.41. The molecule has 0 saturated heterocycles. The Morgan fingerprint density at radius 1 is 1.67 bits per heavy atom. The number of aliphatic hydroxyl groups excluding tert-OH is 1. The smallest absolute Gasteiger partial charge is 0.143 e. The van der Waals surface area contributed by atoms with Gasteiger partial charge in [-0.2, -0.15) is 0 Å². The van der Waals surface area contributed by atoms with Crippen molar-refractivity contribution in [1.82, 2.24) is 0 Å². The first-order valence-corrected chi connectivity index (χ1v) is 6.01. The number of hydrogen-bond acceptors (Lipinski definition) is 3. The molecule has 2 nitrogen and oxygen atoms in total. The number of halogens is 1. The molecule has 80 valence electrons. The van der Waals surface area contributed by atoms with Crippen LogP contribution >= 0.6 is 23.4 Å². The fourth-order valence-electron chi connectivity index (χ4n) is 1.07. The third-order valence-electron chi connectivity index (χ3n) is 1.76. The molecular weight excluding hydrogens is 232 g/mol. The summed E-state index contributed by atoms with van der Waals surface area (Å²) in [4.78, 5) is 0. The lowest BCUT2D eigenvalue weighted by atomic mass is 10.1. The average Bonchev–Trinajstić information content (AvgIpc) is 2.25. The zero-order chi connectivity index (χ0) is 11.3. The molecule has 0 bridgehead atoms. The summed E-state index contributed by atoms with van der Waals surface area (Å²) in [5, 5.41) is 10.1. The van der Waals surface area contributed by atoms with Gasteiger partial charge in [0, 0.05) is 10.6 Å². The van der Waals surface area contributed by atoms with Crippen LogP contribution in [0.15, 0.2) is 18.2 Å². The van der Waals surface area contributed by atoms with E-state index in [0.29, 0.717) is 22.3 Å². The van der Waals surface area contributed by atoms with Crippen molar-refractivity contribution in [3.63, 3.8) is 0 Å². The van der Waals surface area contributed by atoms with Crippen molar-refractivity contribution in [1.29, 1.82) is 0 Å². The molecule has 1 aromatic carbocycles. The standard InChI is InChI=1S/C11H11ClO2S/c1-3-10(13)9-5-4-8(12)6-11(9)14-7-15-2/h1,4-6,10,13H,7H2,2H3. The Balaban J connectivity index is 2.98. The first-order valence-electron chi connectivity index (χ1n) is 4.24. The van der Waals surface area contributed by atoms with E-state index in [9.17, 15) is 5.11 Å². The van der Waals surface area contributed by atoms with E-state index in [1.54, 1.807) is 18.2 Å². The highest BCUT2D eigenvalue weighted by Gasteiger charge is 2.11. The molecule has 0 spiro atoms. The molecule has 1 aromatic rings. The minimum absolute atomic E-state index is 0.491. The van der Waals surface area contributed by atoms with Crippen LogP contribution in [0.2, 0.25) is 5.02 Å². The molecule has 0 heterocycles. The molecule has 0 aromatic heterocycles. The van der Waals surface area contributed by atoms with Crippen molar-refractivity contribution in [2.45, 2.75) is 6.10 Å². The van der Waals surface area contributed by atoms with E-state index >= 15 is 0 Å². The molecule has 1 N–H and O–H groups in total. The van der Waals surface area contributed by atoms with E-state index in [1.807, 2.05) is 6.26 Å². The number of ether oxygens (including phenoxy) is 1. The number of hydrogen-bond donors (Lipinski definition) is 1. The van der Waals surface area contributed by atoms with Gasteiger partial charge in [0.2, 0.25) is 0 Å². The topological polar surface area (TPSA) is 29.5 Å². The van der Waals surface area contributed by atoms with E-state index in [0.717, 1.165) is 0 Å². The molecule has 1 atom stereocenters. The lowest BCUT2D eigenvalue weighted by molar-refractivity contribution is 0.231.